The van der Waals surface area contributed by atoms with Crippen molar-refractivity contribution in [3.8, 4) is 22.6 Å². The van der Waals surface area contributed by atoms with Crippen molar-refractivity contribution in [2.24, 2.45) is 7.05 Å². The summed E-state index contributed by atoms with van der Waals surface area (Å²) in [6, 6.07) is 5.70. The first-order chi connectivity index (χ1) is 11.5. The van der Waals surface area contributed by atoms with E-state index in [9.17, 15) is 0 Å². The summed E-state index contributed by atoms with van der Waals surface area (Å²) in [5.74, 6) is 0.310. The second-order valence-electron chi connectivity index (χ2n) is 5.13. The molecule has 9 heteroatoms. The number of thiazole rings is 1. The van der Waals surface area contributed by atoms with Crippen LogP contribution in [-0.4, -0.2) is 24.7 Å². The molecule has 4 rings (SSSR count). The number of nitrogen functional groups attached to an aromatic ring is 1. The van der Waals surface area contributed by atoms with Crippen molar-refractivity contribution >= 4 is 54.9 Å². The van der Waals surface area contributed by atoms with Gasteiger partial charge < -0.3 is 5.73 Å². The summed E-state index contributed by atoms with van der Waals surface area (Å²) in [5.41, 5.74) is 11.3. The molecule has 0 radical (unpaired) electrons. The highest BCUT2D eigenvalue weighted by Crippen LogP contribution is 2.36. The standard InChI is InChI=1S/C15H10BrClN6S/c1-23-3-2-9(22-23)13-11(20-14(16)15(18)21-13)7-4-8(17)12-10(5-7)24-6-19-12/h2-6H,1H3,(H2,18,21). The van der Waals surface area contributed by atoms with Gasteiger partial charge in [0.1, 0.15) is 16.0 Å². The molecule has 4 aromatic rings. The maximum absolute atomic E-state index is 6.37. The third kappa shape index (κ3) is 2.56. The molecule has 3 heterocycles. The molecule has 24 heavy (non-hydrogen) atoms. The van der Waals surface area contributed by atoms with Crippen LogP contribution in [0.1, 0.15) is 0 Å². The molecule has 0 aliphatic heterocycles. The lowest BCUT2D eigenvalue weighted by Gasteiger charge is -2.09. The SMILES string of the molecule is Cn1ccc(-c2nc(N)c(Br)nc2-c2cc(Cl)c3ncsc3c2)n1. The highest BCUT2D eigenvalue weighted by molar-refractivity contribution is 9.10. The fraction of sp³-hybridized carbons (Fsp3) is 0.0667. The zero-order valence-corrected chi connectivity index (χ0v) is 15.5. The van der Waals surface area contributed by atoms with Gasteiger partial charge in [-0.15, -0.1) is 11.3 Å². The average Bonchev–Trinajstić information content (AvgIpc) is 3.18. The van der Waals surface area contributed by atoms with Gasteiger partial charge in [-0.3, -0.25) is 4.68 Å². The molecule has 0 saturated heterocycles. The summed E-state index contributed by atoms with van der Waals surface area (Å²) in [6.07, 6.45) is 1.85. The molecule has 0 aliphatic rings. The van der Waals surface area contributed by atoms with Gasteiger partial charge in [0.25, 0.3) is 0 Å². The van der Waals surface area contributed by atoms with Gasteiger partial charge in [0.2, 0.25) is 0 Å². The number of anilines is 1. The normalized spacial score (nSPS) is 11.3. The molecule has 6 nitrogen and oxygen atoms in total. The third-order valence-corrected chi connectivity index (χ3v) is 5.15. The zero-order chi connectivity index (χ0) is 16.8. The zero-order valence-electron chi connectivity index (χ0n) is 12.4. The summed E-state index contributed by atoms with van der Waals surface area (Å²) < 4.78 is 3.18. The largest absolute Gasteiger partial charge is 0.381 e. The lowest BCUT2D eigenvalue weighted by atomic mass is 10.1. The lowest BCUT2D eigenvalue weighted by Crippen LogP contribution is -2.01. The van der Waals surface area contributed by atoms with E-state index in [2.05, 4.69) is 36.0 Å². The first-order valence-corrected chi connectivity index (χ1v) is 8.94. The third-order valence-electron chi connectivity index (χ3n) is 3.50. The Balaban J connectivity index is 2.00. The summed E-state index contributed by atoms with van der Waals surface area (Å²) >= 11 is 11.2. The van der Waals surface area contributed by atoms with E-state index in [1.165, 1.54) is 11.3 Å². The molecular weight excluding hydrogens is 412 g/mol. The molecule has 0 bridgehead atoms. The van der Waals surface area contributed by atoms with E-state index in [0.29, 0.717) is 32.5 Å². The van der Waals surface area contributed by atoms with E-state index < -0.39 is 0 Å². The molecule has 3 aromatic heterocycles. The Hall–Kier alpha value is -2.03. The van der Waals surface area contributed by atoms with Gasteiger partial charge >= 0.3 is 0 Å². The summed E-state index contributed by atoms with van der Waals surface area (Å²) in [6.45, 7) is 0. The number of halogens is 2. The van der Waals surface area contributed by atoms with Crippen LogP contribution in [0.3, 0.4) is 0 Å². The smallest absolute Gasteiger partial charge is 0.157 e. The van der Waals surface area contributed by atoms with Gasteiger partial charge in [0, 0.05) is 18.8 Å². The van der Waals surface area contributed by atoms with Gasteiger partial charge in [0.15, 0.2) is 5.82 Å². The predicted octanol–water partition coefficient (Wildman–Crippen LogP) is 4.15. The number of nitrogens with two attached hydrogens (primary N) is 1. The van der Waals surface area contributed by atoms with Gasteiger partial charge in [-0.2, -0.15) is 5.10 Å². The Morgan fingerprint density at radius 1 is 1.25 bits per heavy atom. The fourth-order valence-corrected chi connectivity index (χ4v) is 3.74. The van der Waals surface area contributed by atoms with Gasteiger partial charge in [-0.1, -0.05) is 11.6 Å². The van der Waals surface area contributed by atoms with Gasteiger partial charge in [-0.05, 0) is 34.1 Å². The van der Waals surface area contributed by atoms with E-state index in [0.717, 1.165) is 15.8 Å². The molecule has 0 fully saturated rings. The first kappa shape index (κ1) is 15.5. The van der Waals surface area contributed by atoms with Crippen molar-refractivity contribution in [1.29, 1.82) is 0 Å². The minimum Gasteiger partial charge on any atom is -0.381 e. The molecule has 2 N–H and O–H groups in total. The van der Waals surface area contributed by atoms with E-state index in [4.69, 9.17) is 17.3 Å². The number of benzene rings is 1. The quantitative estimate of drug-likeness (QED) is 0.526. The van der Waals surface area contributed by atoms with Crippen LogP contribution in [0, 0.1) is 0 Å². The second-order valence-corrected chi connectivity index (χ2v) is 7.17. The molecule has 0 aliphatic carbocycles. The topological polar surface area (TPSA) is 82.5 Å². The van der Waals surface area contributed by atoms with E-state index in [-0.39, 0.29) is 0 Å². The van der Waals surface area contributed by atoms with E-state index in [1.54, 1.807) is 10.2 Å². The van der Waals surface area contributed by atoms with Crippen molar-refractivity contribution in [3.63, 3.8) is 0 Å². The summed E-state index contributed by atoms with van der Waals surface area (Å²) in [5, 5.41) is 4.99. The number of aryl methyl sites for hydroxylation is 1. The van der Waals surface area contributed by atoms with Crippen LogP contribution in [0.5, 0.6) is 0 Å². The maximum atomic E-state index is 6.37. The minimum absolute atomic E-state index is 0.310. The molecule has 1 aromatic carbocycles. The van der Waals surface area contributed by atoms with Crippen LogP contribution in [0.2, 0.25) is 5.02 Å². The van der Waals surface area contributed by atoms with Crippen LogP contribution in [0.25, 0.3) is 32.9 Å². The van der Waals surface area contributed by atoms with E-state index in [1.807, 2.05) is 31.4 Å². The van der Waals surface area contributed by atoms with Crippen molar-refractivity contribution in [3.05, 3.63) is 39.5 Å². The number of rotatable bonds is 2. The van der Waals surface area contributed by atoms with Crippen molar-refractivity contribution in [1.82, 2.24) is 24.7 Å². The number of hydrogen-bond donors (Lipinski definition) is 1. The Bertz CT molecular complexity index is 1070. The highest BCUT2D eigenvalue weighted by atomic mass is 79.9. The molecule has 0 unspecified atom stereocenters. The number of aromatic nitrogens is 5. The molecule has 0 spiro atoms. The molecule has 0 amide bonds. The Morgan fingerprint density at radius 3 is 2.83 bits per heavy atom. The van der Waals surface area contributed by atoms with Crippen molar-refractivity contribution in [2.45, 2.75) is 0 Å². The lowest BCUT2D eigenvalue weighted by molar-refractivity contribution is 0.770. The van der Waals surface area contributed by atoms with Crippen LogP contribution in [-0.2, 0) is 7.05 Å². The average molecular weight is 422 g/mol. The second kappa shape index (κ2) is 5.80. The van der Waals surface area contributed by atoms with Crippen LogP contribution in [0.15, 0.2) is 34.5 Å². The number of hydrogen-bond acceptors (Lipinski definition) is 6. The van der Waals surface area contributed by atoms with Crippen molar-refractivity contribution < 1.29 is 0 Å². The summed E-state index contributed by atoms with van der Waals surface area (Å²) in [7, 11) is 1.85. The van der Waals surface area contributed by atoms with Crippen LogP contribution in [0.4, 0.5) is 5.82 Å². The monoisotopic (exact) mass is 420 g/mol. The minimum atomic E-state index is 0.310. The van der Waals surface area contributed by atoms with Crippen LogP contribution >= 0.6 is 38.9 Å². The van der Waals surface area contributed by atoms with E-state index >= 15 is 0 Å². The number of nitrogens with zero attached hydrogens (tertiary/aromatic N) is 5. The van der Waals surface area contributed by atoms with Gasteiger partial charge in [0.05, 0.1) is 26.4 Å². The Kier molecular flexibility index (Phi) is 3.75. The number of fused-ring (bicyclic) bond motifs is 1. The fourth-order valence-electron chi connectivity index (χ4n) is 2.41. The first-order valence-electron chi connectivity index (χ1n) is 6.89. The Morgan fingerprint density at radius 2 is 2.08 bits per heavy atom. The molecular formula is C15H10BrClN6S. The molecule has 0 atom stereocenters. The predicted molar refractivity (Wildman–Crippen MR) is 100.0 cm³/mol. The highest BCUT2D eigenvalue weighted by Gasteiger charge is 2.18. The summed E-state index contributed by atoms with van der Waals surface area (Å²) in [4.78, 5) is 13.3. The van der Waals surface area contributed by atoms with Crippen molar-refractivity contribution in [2.75, 3.05) is 5.73 Å². The Labute approximate surface area is 154 Å². The van der Waals surface area contributed by atoms with Crippen LogP contribution < -0.4 is 5.73 Å². The molecule has 120 valence electrons. The molecule has 0 saturated carbocycles. The van der Waals surface area contributed by atoms with Gasteiger partial charge in [-0.25, -0.2) is 15.0 Å². The maximum Gasteiger partial charge on any atom is 0.157 e.